The lowest BCUT2D eigenvalue weighted by Gasteiger charge is -2.69. The Kier molecular flexibility index (Phi) is 13.1. The number of benzene rings is 3. The Morgan fingerprint density at radius 1 is 0.747 bits per heavy atom. The fraction of sp³-hybridized carbons (Fsp3) is 0.411. The molecule has 0 saturated heterocycles. The SMILES string of the molecule is Cc1ccc(S(=O)(=O)OCCOC23CC4(Cn5ncc(-c6ccc(C(=O)c7cc(C)c(/N=c8\sc9ccccc9n8S(=O)(=O)c8ccc(C)cc8)nn7)nc6C(=O)OC(C)(C)C)c5C)C[C@@](C)(C2)C[C@](C)(C4)C3)cc1. The van der Waals surface area contributed by atoms with E-state index < -0.39 is 43.1 Å². The van der Waals surface area contributed by atoms with Crippen LogP contribution < -0.4 is 4.80 Å². The molecule has 3 aromatic carbocycles. The molecule has 11 rings (SSSR count). The molecule has 0 radical (unpaired) electrons. The maximum atomic E-state index is 14.3. The molecular formula is C56H61N7O9S3. The molecule has 2 unspecified atom stereocenters. The van der Waals surface area contributed by atoms with Crippen molar-refractivity contribution in [1.29, 1.82) is 0 Å². The molecule has 4 aromatic heterocycles. The van der Waals surface area contributed by atoms with Crippen LogP contribution in [0.4, 0.5) is 5.82 Å². The summed E-state index contributed by atoms with van der Waals surface area (Å²) in [5.74, 6) is -1.20. The number of ketones is 1. The summed E-state index contributed by atoms with van der Waals surface area (Å²) in [5.41, 5.74) is 3.01. The number of para-hydroxylation sites is 1. The number of carbonyl (C=O) groups excluding carboxylic acids is 2. The van der Waals surface area contributed by atoms with Crippen molar-refractivity contribution in [1.82, 2.24) is 28.9 Å². The Balaban J connectivity index is 0.917. The van der Waals surface area contributed by atoms with E-state index in [1.807, 2.05) is 37.6 Å². The summed E-state index contributed by atoms with van der Waals surface area (Å²) in [7, 11) is -8.02. The van der Waals surface area contributed by atoms with Crippen LogP contribution in [0.25, 0.3) is 21.3 Å². The van der Waals surface area contributed by atoms with Gasteiger partial charge in [-0.15, -0.1) is 10.2 Å². The first kappa shape index (κ1) is 52.2. The predicted octanol–water partition coefficient (Wildman–Crippen LogP) is 10.2. The largest absolute Gasteiger partial charge is 0.455 e. The van der Waals surface area contributed by atoms with Crippen LogP contribution in [0.5, 0.6) is 0 Å². The van der Waals surface area contributed by atoms with Crippen LogP contribution in [-0.4, -0.2) is 81.9 Å². The van der Waals surface area contributed by atoms with Gasteiger partial charge in [-0.25, -0.2) is 22.2 Å². The fourth-order valence-electron chi connectivity index (χ4n) is 12.8. The molecule has 4 bridgehead atoms. The number of hydrogen-bond acceptors (Lipinski definition) is 15. The van der Waals surface area contributed by atoms with E-state index >= 15 is 0 Å². The van der Waals surface area contributed by atoms with Crippen LogP contribution in [-0.2, 0) is 40.3 Å². The van der Waals surface area contributed by atoms with Gasteiger partial charge >= 0.3 is 5.97 Å². The van der Waals surface area contributed by atoms with E-state index in [4.69, 9.17) is 23.7 Å². The minimum absolute atomic E-state index is 0.00325. The van der Waals surface area contributed by atoms with Crippen molar-refractivity contribution >= 4 is 59.3 Å². The number of pyridine rings is 1. The minimum atomic E-state index is -4.08. The number of nitrogens with zero attached hydrogens (tertiary/aromatic N) is 7. The van der Waals surface area contributed by atoms with Crippen molar-refractivity contribution in [2.24, 2.45) is 21.2 Å². The highest BCUT2D eigenvalue weighted by Gasteiger charge is 2.66. The topological polar surface area (TPSA) is 204 Å². The van der Waals surface area contributed by atoms with Gasteiger partial charge in [0.2, 0.25) is 10.6 Å². The molecule has 4 atom stereocenters. The molecule has 0 amide bonds. The number of carbonyl (C=O) groups is 2. The van der Waals surface area contributed by atoms with Crippen molar-refractivity contribution < 1.29 is 40.1 Å². The summed E-state index contributed by atoms with van der Waals surface area (Å²) in [4.78, 5) is 38.1. The third kappa shape index (κ3) is 10.3. The molecular weight excluding hydrogens is 1010 g/mol. The summed E-state index contributed by atoms with van der Waals surface area (Å²) in [6.45, 7) is 18.1. The van der Waals surface area contributed by atoms with Gasteiger partial charge in [-0.05, 0) is 163 Å². The Hall–Kier alpha value is -6.25. The first-order valence-electron chi connectivity index (χ1n) is 25.0. The Labute approximate surface area is 441 Å². The summed E-state index contributed by atoms with van der Waals surface area (Å²) >= 11 is 1.18. The van der Waals surface area contributed by atoms with Crippen molar-refractivity contribution in [2.75, 3.05) is 13.2 Å². The Morgan fingerprint density at radius 3 is 2.05 bits per heavy atom. The zero-order valence-electron chi connectivity index (χ0n) is 43.6. The van der Waals surface area contributed by atoms with Gasteiger partial charge in [0.15, 0.2) is 11.5 Å². The minimum Gasteiger partial charge on any atom is -0.455 e. The quantitative estimate of drug-likeness (QED) is 0.0406. The van der Waals surface area contributed by atoms with Crippen molar-refractivity contribution in [3.8, 4) is 11.1 Å². The number of fused-ring (bicyclic) bond motifs is 1. The molecule has 392 valence electrons. The number of ether oxygens (including phenoxy) is 2. The Bertz CT molecular complexity index is 3710. The highest BCUT2D eigenvalue weighted by molar-refractivity contribution is 7.90. The number of hydrogen-bond donors (Lipinski definition) is 0. The molecule has 16 nitrogen and oxygen atoms in total. The highest BCUT2D eigenvalue weighted by Crippen LogP contribution is 2.72. The summed E-state index contributed by atoms with van der Waals surface area (Å²) in [5, 5.41) is 13.5. The van der Waals surface area contributed by atoms with Gasteiger partial charge in [0.05, 0.1) is 45.0 Å². The zero-order valence-corrected chi connectivity index (χ0v) is 46.1. The molecule has 0 spiro atoms. The lowest BCUT2D eigenvalue weighted by molar-refractivity contribution is -0.249. The number of rotatable bonds is 15. The molecule has 4 saturated carbocycles. The summed E-state index contributed by atoms with van der Waals surface area (Å²) < 4.78 is 76.2. The molecule has 0 aliphatic heterocycles. The van der Waals surface area contributed by atoms with Gasteiger partial charge in [-0.2, -0.15) is 18.5 Å². The third-order valence-electron chi connectivity index (χ3n) is 14.7. The normalized spacial score (nSPS) is 22.8. The van der Waals surface area contributed by atoms with E-state index in [1.165, 1.54) is 21.4 Å². The second kappa shape index (κ2) is 18.8. The van der Waals surface area contributed by atoms with Gasteiger partial charge < -0.3 is 9.47 Å². The standard InChI is InChI=1S/C56H61N7O9S3/c1-35-14-18-39(19-15-35)74(66,67)63-45-12-10-11-13-46(45)73-51(63)59-49-37(3)26-44(60-61-49)48(64)43-23-22-41(47(58-43)50(65)72-52(5,6)7)42-27-57-62(38(42)4)34-55-29-53(8)28-54(9,30-55)32-56(31-53,33-55)70-24-25-71-75(68,69)40-20-16-36(2)17-21-40/h10-23,26-27H,24-25,28-34H2,1-9H3/b59-51-/t53-,54+,55?,56?. The van der Waals surface area contributed by atoms with E-state index in [2.05, 4.69) is 29.0 Å². The molecule has 0 N–H and O–H groups in total. The van der Waals surface area contributed by atoms with Crippen LogP contribution in [0, 0.1) is 43.9 Å². The van der Waals surface area contributed by atoms with E-state index in [1.54, 1.807) is 107 Å². The van der Waals surface area contributed by atoms with Crippen LogP contribution >= 0.6 is 11.3 Å². The maximum Gasteiger partial charge on any atom is 0.358 e. The molecule has 4 fully saturated rings. The van der Waals surface area contributed by atoms with Crippen molar-refractivity contribution in [3.05, 3.63) is 141 Å². The number of aromatic nitrogens is 6. The molecule has 4 heterocycles. The van der Waals surface area contributed by atoms with Gasteiger partial charge in [0.1, 0.15) is 17.0 Å². The smallest absolute Gasteiger partial charge is 0.358 e. The first-order valence-corrected chi connectivity index (χ1v) is 28.7. The monoisotopic (exact) mass is 1070 g/mol. The molecule has 4 aliphatic rings. The van der Waals surface area contributed by atoms with Crippen molar-refractivity contribution in [2.45, 2.75) is 128 Å². The number of aryl methyl sites for hydroxylation is 3. The van der Waals surface area contributed by atoms with Gasteiger partial charge in [0, 0.05) is 23.4 Å². The van der Waals surface area contributed by atoms with Crippen LogP contribution in [0.1, 0.15) is 122 Å². The van der Waals surface area contributed by atoms with Gasteiger partial charge in [-0.1, -0.05) is 72.7 Å². The van der Waals surface area contributed by atoms with Crippen LogP contribution in [0.3, 0.4) is 0 Å². The lowest BCUT2D eigenvalue weighted by Crippen LogP contribution is -2.64. The van der Waals surface area contributed by atoms with E-state index in [0.717, 1.165) is 55.3 Å². The summed E-state index contributed by atoms with van der Waals surface area (Å²) in [6.07, 6.45) is 7.29. The number of esters is 1. The molecule has 7 aromatic rings. The van der Waals surface area contributed by atoms with Crippen molar-refractivity contribution in [3.63, 3.8) is 0 Å². The maximum absolute atomic E-state index is 14.3. The average molecular weight is 1070 g/mol. The molecule has 75 heavy (non-hydrogen) atoms. The highest BCUT2D eigenvalue weighted by atomic mass is 32.2. The van der Waals surface area contributed by atoms with Crippen LogP contribution in [0.15, 0.2) is 112 Å². The summed E-state index contributed by atoms with van der Waals surface area (Å²) in [6, 6.07) is 25.1. The third-order valence-corrected chi connectivity index (χ3v) is 18.9. The molecule has 4 aliphatic carbocycles. The average Bonchev–Trinajstić information content (AvgIpc) is 3.88. The second-order valence-electron chi connectivity index (χ2n) is 22.8. The van der Waals surface area contributed by atoms with Gasteiger partial charge in [0.25, 0.3) is 20.1 Å². The first-order chi connectivity index (χ1) is 35.3. The predicted molar refractivity (Wildman–Crippen MR) is 284 cm³/mol. The number of thiazole rings is 1. The van der Waals surface area contributed by atoms with E-state index in [9.17, 15) is 26.4 Å². The van der Waals surface area contributed by atoms with Crippen LogP contribution in [0.2, 0.25) is 0 Å². The van der Waals surface area contributed by atoms with E-state index in [-0.39, 0.29) is 67.0 Å². The zero-order chi connectivity index (χ0) is 53.5. The van der Waals surface area contributed by atoms with Gasteiger partial charge in [-0.3, -0.25) is 13.7 Å². The lowest BCUT2D eigenvalue weighted by atomic mass is 9.39. The second-order valence-corrected chi connectivity index (χ2v) is 27.2. The van der Waals surface area contributed by atoms with E-state index in [0.29, 0.717) is 33.5 Å². The molecule has 19 heteroatoms. The Morgan fingerprint density at radius 2 is 1.40 bits per heavy atom. The fourth-order valence-corrected chi connectivity index (χ4v) is 16.4.